The zero-order chi connectivity index (χ0) is 13.8. The molecule has 0 bridgehead atoms. The molecule has 0 aromatic heterocycles. The standard InChI is InChI=1S/C15H16N2O2/c1-3-9-16-12-7-5-6-8-13(12)17(10-4-2)15(19)11-14(16)18/h3-8H,1-2,9-11H2. The van der Waals surface area contributed by atoms with Crippen molar-refractivity contribution in [3.63, 3.8) is 0 Å². The molecule has 2 amide bonds. The van der Waals surface area contributed by atoms with Crippen LogP contribution in [0.15, 0.2) is 49.6 Å². The van der Waals surface area contributed by atoms with Gasteiger partial charge < -0.3 is 9.80 Å². The van der Waals surface area contributed by atoms with Gasteiger partial charge in [0.05, 0.1) is 11.4 Å². The summed E-state index contributed by atoms with van der Waals surface area (Å²) < 4.78 is 0. The molecule has 1 aromatic carbocycles. The summed E-state index contributed by atoms with van der Waals surface area (Å²) in [7, 11) is 0. The second-order valence-electron chi connectivity index (χ2n) is 4.25. The van der Waals surface area contributed by atoms with Gasteiger partial charge in [-0.2, -0.15) is 0 Å². The van der Waals surface area contributed by atoms with Gasteiger partial charge >= 0.3 is 0 Å². The molecule has 19 heavy (non-hydrogen) atoms. The molecule has 4 nitrogen and oxygen atoms in total. The largest absolute Gasteiger partial charge is 0.306 e. The monoisotopic (exact) mass is 256 g/mol. The minimum Gasteiger partial charge on any atom is -0.306 e. The van der Waals surface area contributed by atoms with Crippen LogP contribution in [0.3, 0.4) is 0 Å². The molecule has 0 spiro atoms. The highest BCUT2D eigenvalue weighted by Gasteiger charge is 2.29. The van der Waals surface area contributed by atoms with Crippen LogP contribution < -0.4 is 9.80 Å². The summed E-state index contributed by atoms with van der Waals surface area (Å²) in [5.74, 6) is -0.409. The van der Waals surface area contributed by atoms with Gasteiger partial charge in [0.2, 0.25) is 11.8 Å². The van der Waals surface area contributed by atoms with E-state index in [1.54, 1.807) is 22.0 Å². The Balaban J connectivity index is 2.55. The van der Waals surface area contributed by atoms with Crippen LogP contribution in [0.5, 0.6) is 0 Å². The second kappa shape index (κ2) is 5.52. The van der Waals surface area contributed by atoms with Crippen LogP contribution >= 0.6 is 0 Å². The molecule has 0 unspecified atom stereocenters. The summed E-state index contributed by atoms with van der Waals surface area (Å²) in [4.78, 5) is 27.4. The summed E-state index contributed by atoms with van der Waals surface area (Å²) in [5.41, 5.74) is 1.47. The molecular formula is C15H16N2O2. The zero-order valence-corrected chi connectivity index (χ0v) is 10.7. The fourth-order valence-electron chi connectivity index (χ4n) is 2.17. The van der Waals surface area contributed by atoms with Crippen molar-refractivity contribution in [1.82, 2.24) is 0 Å². The third kappa shape index (κ3) is 2.42. The maximum Gasteiger partial charge on any atom is 0.236 e. The highest BCUT2D eigenvalue weighted by atomic mass is 16.2. The smallest absolute Gasteiger partial charge is 0.236 e. The van der Waals surface area contributed by atoms with Crippen molar-refractivity contribution in [3.05, 3.63) is 49.6 Å². The highest BCUT2D eigenvalue weighted by molar-refractivity contribution is 6.15. The van der Waals surface area contributed by atoms with E-state index < -0.39 is 0 Å². The van der Waals surface area contributed by atoms with Gasteiger partial charge in [0.1, 0.15) is 6.42 Å². The number of para-hydroxylation sites is 2. The first kappa shape index (κ1) is 13.1. The topological polar surface area (TPSA) is 40.6 Å². The molecule has 0 aliphatic carbocycles. The summed E-state index contributed by atoms with van der Waals surface area (Å²) in [6.45, 7) is 8.10. The molecule has 2 rings (SSSR count). The maximum absolute atomic E-state index is 12.1. The molecule has 1 aliphatic heterocycles. The maximum atomic E-state index is 12.1. The van der Waals surface area contributed by atoms with Gasteiger partial charge in [0.15, 0.2) is 0 Å². The van der Waals surface area contributed by atoms with Crippen LogP contribution in [-0.2, 0) is 9.59 Å². The molecule has 0 saturated carbocycles. The van der Waals surface area contributed by atoms with E-state index in [0.717, 1.165) is 11.4 Å². The van der Waals surface area contributed by atoms with Crippen LogP contribution in [0.1, 0.15) is 6.42 Å². The van der Waals surface area contributed by atoms with E-state index in [4.69, 9.17) is 0 Å². The van der Waals surface area contributed by atoms with Gasteiger partial charge in [-0.1, -0.05) is 24.3 Å². The number of carbonyl (C=O) groups excluding carboxylic acids is 2. The number of nitrogens with zero attached hydrogens (tertiary/aromatic N) is 2. The van der Waals surface area contributed by atoms with Crippen molar-refractivity contribution in [2.45, 2.75) is 6.42 Å². The Morgan fingerprint density at radius 3 is 1.74 bits per heavy atom. The Kier molecular flexibility index (Phi) is 3.80. The molecule has 0 saturated heterocycles. The summed E-state index contributed by atoms with van der Waals surface area (Å²) in [6.07, 6.45) is 3.18. The van der Waals surface area contributed by atoms with Crippen molar-refractivity contribution in [2.24, 2.45) is 0 Å². The van der Waals surface area contributed by atoms with E-state index in [1.807, 2.05) is 24.3 Å². The third-order valence-electron chi connectivity index (χ3n) is 2.99. The zero-order valence-electron chi connectivity index (χ0n) is 10.7. The number of anilines is 2. The lowest BCUT2D eigenvalue weighted by molar-refractivity contribution is -0.126. The molecule has 0 atom stereocenters. The molecule has 0 fully saturated rings. The number of hydrogen-bond acceptors (Lipinski definition) is 2. The van der Waals surface area contributed by atoms with Crippen molar-refractivity contribution in [3.8, 4) is 0 Å². The molecule has 1 heterocycles. The van der Waals surface area contributed by atoms with E-state index in [0.29, 0.717) is 13.1 Å². The fourth-order valence-corrected chi connectivity index (χ4v) is 2.17. The Bertz CT molecular complexity index is 490. The third-order valence-corrected chi connectivity index (χ3v) is 2.99. The van der Waals surface area contributed by atoms with Crippen molar-refractivity contribution < 1.29 is 9.59 Å². The lowest BCUT2D eigenvalue weighted by Crippen LogP contribution is -2.33. The first-order valence-corrected chi connectivity index (χ1v) is 6.10. The molecule has 1 aliphatic rings. The molecule has 0 N–H and O–H groups in total. The number of rotatable bonds is 4. The van der Waals surface area contributed by atoms with Gasteiger partial charge in [0.25, 0.3) is 0 Å². The number of carbonyl (C=O) groups is 2. The van der Waals surface area contributed by atoms with Crippen LogP contribution in [0.25, 0.3) is 0 Å². The predicted octanol–water partition coefficient (Wildman–Crippen LogP) is 2.13. The first-order chi connectivity index (χ1) is 9.19. The van der Waals surface area contributed by atoms with Gasteiger partial charge in [-0.15, -0.1) is 13.2 Å². The minimum absolute atomic E-state index is 0.129. The highest BCUT2D eigenvalue weighted by Crippen LogP contribution is 2.32. The van der Waals surface area contributed by atoms with Crippen molar-refractivity contribution >= 4 is 23.2 Å². The Morgan fingerprint density at radius 1 is 0.947 bits per heavy atom. The van der Waals surface area contributed by atoms with Crippen LogP contribution in [0, 0.1) is 0 Å². The summed E-state index contributed by atoms with van der Waals surface area (Å²) in [6, 6.07) is 7.38. The van der Waals surface area contributed by atoms with Gasteiger partial charge in [-0.05, 0) is 12.1 Å². The van der Waals surface area contributed by atoms with Gasteiger partial charge in [-0.3, -0.25) is 9.59 Å². The normalized spacial score (nSPS) is 14.9. The van der Waals surface area contributed by atoms with Crippen LogP contribution in [0.2, 0.25) is 0 Å². The van der Waals surface area contributed by atoms with Gasteiger partial charge in [0, 0.05) is 13.1 Å². The van der Waals surface area contributed by atoms with E-state index in [-0.39, 0.29) is 18.2 Å². The molecule has 4 heteroatoms. The minimum atomic E-state index is -0.205. The predicted molar refractivity (Wildman–Crippen MR) is 76.2 cm³/mol. The average Bonchev–Trinajstić information content (AvgIpc) is 2.50. The number of amides is 2. The molecule has 0 radical (unpaired) electrons. The van der Waals surface area contributed by atoms with Crippen molar-refractivity contribution in [2.75, 3.05) is 22.9 Å². The average molecular weight is 256 g/mol. The number of benzene rings is 1. The SMILES string of the molecule is C=CCN1C(=O)CC(=O)N(CC=C)c2ccccc21. The van der Waals surface area contributed by atoms with E-state index in [1.165, 1.54) is 0 Å². The lowest BCUT2D eigenvalue weighted by atomic mass is 10.2. The van der Waals surface area contributed by atoms with E-state index in [2.05, 4.69) is 13.2 Å². The fraction of sp³-hybridized carbons (Fsp3) is 0.200. The molecular weight excluding hydrogens is 240 g/mol. The van der Waals surface area contributed by atoms with Crippen LogP contribution in [0.4, 0.5) is 11.4 Å². The van der Waals surface area contributed by atoms with Gasteiger partial charge in [-0.25, -0.2) is 0 Å². The Morgan fingerprint density at radius 2 is 1.37 bits per heavy atom. The van der Waals surface area contributed by atoms with E-state index in [9.17, 15) is 9.59 Å². The van der Waals surface area contributed by atoms with Crippen LogP contribution in [-0.4, -0.2) is 24.9 Å². The quantitative estimate of drug-likeness (QED) is 0.611. The van der Waals surface area contributed by atoms with E-state index >= 15 is 0 Å². The summed E-state index contributed by atoms with van der Waals surface area (Å²) in [5, 5.41) is 0. The Labute approximate surface area is 112 Å². The molecule has 98 valence electrons. The number of fused-ring (bicyclic) bond motifs is 1. The first-order valence-electron chi connectivity index (χ1n) is 6.10. The Hall–Kier alpha value is -2.36. The second-order valence-corrected chi connectivity index (χ2v) is 4.25. The number of hydrogen-bond donors (Lipinski definition) is 0. The van der Waals surface area contributed by atoms with Crippen molar-refractivity contribution in [1.29, 1.82) is 0 Å². The lowest BCUT2D eigenvalue weighted by Gasteiger charge is -2.23. The summed E-state index contributed by atoms with van der Waals surface area (Å²) >= 11 is 0. The molecule has 1 aromatic rings.